The molecule has 4 rings (SSSR count). The Labute approximate surface area is 229 Å². The smallest absolute Gasteiger partial charge is 0.282 e. The summed E-state index contributed by atoms with van der Waals surface area (Å²) in [6.45, 7) is 4.09. The highest BCUT2D eigenvalue weighted by molar-refractivity contribution is 9.10. The number of ether oxygens (including phenoxy) is 2. The first-order valence-electron chi connectivity index (χ1n) is 11.2. The fourth-order valence-electron chi connectivity index (χ4n) is 3.60. The molecule has 0 saturated heterocycles. The van der Waals surface area contributed by atoms with Gasteiger partial charge < -0.3 is 9.47 Å². The molecule has 1 heterocycles. The minimum Gasteiger partial charge on any atom is -0.493 e. The van der Waals surface area contributed by atoms with Gasteiger partial charge in [0, 0.05) is 22.5 Å². The molecule has 0 amide bonds. The molecule has 9 nitrogen and oxygen atoms in total. The number of non-ortho nitro benzene ring substituents is 1. The number of nitro groups is 1. The van der Waals surface area contributed by atoms with Crippen LogP contribution in [-0.2, 0) is 6.61 Å². The van der Waals surface area contributed by atoms with E-state index in [1.807, 2.05) is 19.9 Å². The van der Waals surface area contributed by atoms with Gasteiger partial charge in [0.05, 0.1) is 33.6 Å². The number of benzene rings is 3. The summed E-state index contributed by atoms with van der Waals surface area (Å²) in [6.07, 6.45) is 1.56. The van der Waals surface area contributed by atoms with Crippen molar-refractivity contribution in [3.63, 3.8) is 0 Å². The van der Waals surface area contributed by atoms with Gasteiger partial charge in [-0.25, -0.2) is 4.98 Å². The molecule has 3 aromatic carbocycles. The first kappa shape index (κ1) is 26.5. The molecule has 0 radical (unpaired) electrons. The van der Waals surface area contributed by atoms with Crippen LogP contribution in [0, 0.1) is 10.1 Å². The second-order valence-corrected chi connectivity index (χ2v) is 10.2. The van der Waals surface area contributed by atoms with Gasteiger partial charge >= 0.3 is 0 Å². The minimum atomic E-state index is -0.449. The zero-order valence-electron chi connectivity index (χ0n) is 20.1. The number of halogens is 2. The molecule has 0 fully saturated rings. The molecule has 0 aliphatic heterocycles. The average Bonchev–Trinajstić information content (AvgIpc) is 2.87. The maximum Gasteiger partial charge on any atom is 0.282 e. The van der Waals surface area contributed by atoms with Gasteiger partial charge in [-0.2, -0.15) is 9.78 Å². The molecule has 0 bridgehead atoms. The molecule has 0 N–H and O–H groups in total. The maximum absolute atomic E-state index is 13.2. The highest BCUT2D eigenvalue weighted by Gasteiger charge is 2.15. The summed E-state index contributed by atoms with van der Waals surface area (Å²) in [4.78, 5) is 28.3. The lowest BCUT2D eigenvalue weighted by Gasteiger charge is -2.14. The van der Waals surface area contributed by atoms with Crippen molar-refractivity contribution in [2.24, 2.45) is 5.10 Å². The third-order valence-corrected chi connectivity index (χ3v) is 6.54. The van der Waals surface area contributed by atoms with Gasteiger partial charge in [-0.3, -0.25) is 14.9 Å². The standard InChI is InChI=1S/C26H22Br2N4O5/c1-15(2)25-30-22-9-6-18(27)12-20(22)26(33)31(25)29-13-17-10-21(28)24(23(11-17)36-3)37-14-16-4-7-19(8-5-16)32(34)35/h4-13,15H,14H2,1-3H3. The normalized spacial score (nSPS) is 11.4. The lowest BCUT2D eigenvalue weighted by molar-refractivity contribution is -0.384. The Bertz CT molecular complexity index is 1570. The van der Waals surface area contributed by atoms with E-state index in [1.165, 1.54) is 23.9 Å². The largest absolute Gasteiger partial charge is 0.493 e. The Balaban J connectivity index is 1.64. The fraction of sp³-hybridized carbons (Fsp3) is 0.192. The third-order valence-electron chi connectivity index (χ3n) is 5.45. The van der Waals surface area contributed by atoms with E-state index in [-0.39, 0.29) is 23.8 Å². The quantitative estimate of drug-likeness (QED) is 0.126. The molecule has 0 aliphatic rings. The Hall–Kier alpha value is -3.57. The van der Waals surface area contributed by atoms with Gasteiger partial charge in [-0.05, 0) is 69.5 Å². The van der Waals surface area contributed by atoms with Crippen LogP contribution in [0.25, 0.3) is 10.9 Å². The average molecular weight is 630 g/mol. The molecule has 0 unspecified atom stereocenters. The monoisotopic (exact) mass is 628 g/mol. The SMILES string of the molecule is COc1cc(C=Nn2c(C(C)C)nc3ccc(Br)cc3c2=O)cc(Br)c1OCc1ccc([N+](=O)[O-])cc1. The predicted molar refractivity (Wildman–Crippen MR) is 149 cm³/mol. The Kier molecular flexibility index (Phi) is 8.03. The first-order chi connectivity index (χ1) is 17.7. The number of fused-ring (bicyclic) bond motifs is 1. The molecule has 37 heavy (non-hydrogen) atoms. The zero-order chi connectivity index (χ0) is 26.7. The van der Waals surface area contributed by atoms with Crippen molar-refractivity contribution in [2.75, 3.05) is 7.11 Å². The van der Waals surface area contributed by atoms with Gasteiger partial charge in [0.1, 0.15) is 12.4 Å². The molecule has 1 aromatic heterocycles. The van der Waals surface area contributed by atoms with E-state index >= 15 is 0 Å². The Morgan fingerprint density at radius 2 is 1.86 bits per heavy atom. The summed E-state index contributed by atoms with van der Waals surface area (Å²) < 4.78 is 14.2. The first-order valence-corrected chi connectivity index (χ1v) is 12.8. The second kappa shape index (κ2) is 11.2. The van der Waals surface area contributed by atoms with Crippen molar-refractivity contribution in [3.8, 4) is 11.5 Å². The van der Waals surface area contributed by atoms with Crippen molar-refractivity contribution < 1.29 is 14.4 Å². The van der Waals surface area contributed by atoms with Crippen molar-refractivity contribution in [1.82, 2.24) is 9.66 Å². The van der Waals surface area contributed by atoms with Crippen LogP contribution in [0.3, 0.4) is 0 Å². The van der Waals surface area contributed by atoms with Crippen LogP contribution in [0.15, 0.2) is 73.4 Å². The fourth-order valence-corrected chi connectivity index (χ4v) is 4.53. The Morgan fingerprint density at radius 1 is 1.14 bits per heavy atom. The third kappa shape index (κ3) is 5.89. The number of nitrogens with zero attached hydrogens (tertiary/aromatic N) is 4. The molecular weight excluding hydrogens is 608 g/mol. The summed E-state index contributed by atoms with van der Waals surface area (Å²) in [5.74, 6) is 1.43. The minimum absolute atomic E-state index is 0.0140. The van der Waals surface area contributed by atoms with Gasteiger partial charge in [0.15, 0.2) is 11.5 Å². The number of methoxy groups -OCH3 is 1. The summed E-state index contributed by atoms with van der Waals surface area (Å²) >= 11 is 6.93. The topological polar surface area (TPSA) is 109 Å². The van der Waals surface area contributed by atoms with E-state index in [0.717, 1.165) is 10.0 Å². The summed E-state index contributed by atoms with van der Waals surface area (Å²) in [5, 5.41) is 15.8. The summed E-state index contributed by atoms with van der Waals surface area (Å²) in [6, 6.07) is 15.1. The molecule has 190 valence electrons. The van der Waals surface area contributed by atoms with Crippen molar-refractivity contribution in [3.05, 3.63) is 101 Å². The number of aromatic nitrogens is 2. The number of rotatable bonds is 8. The number of hydrogen-bond donors (Lipinski definition) is 0. The maximum atomic E-state index is 13.2. The van der Waals surface area contributed by atoms with E-state index in [2.05, 4.69) is 41.9 Å². The number of hydrogen-bond acceptors (Lipinski definition) is 7. The lowest BCUT2D eigenvalue weighted by Crippen LogP contribution is -2.23. The van der Waals surface area contributed by atoms with Gasteiger partial charge in [-0.1, -0.05) is 29.8 Å². The molecule has 0 spiro atoms. The molecule has 4 aromatic rings. The van der Waals surface area contributed by atoms with Crippen LogP contribution in [0.4, 0.5) is 5.69 Å². The molecular formula is C26H22Br2N4O5. The van der Waals surface area contributed by atoms with Crippen molar-refractivity contribution >= 4 is 54.7 Å². The van der Waals surface area contributed by atoms with Gasteiger partial charge in [0.2, 0.25) is 0 Å². The van der Waals surface area contributed by atoms with Crippen LogP contribution < -0.4 is 15.0 Å². The van der Waals surface area contributed by atoms with Crippen LogP contribution in [0.2, 0.25) is 0 Å². The van der Waals surface area contributed by atoms with Crippen molar-refractivity contribution in [1.29, 1.82) is 0 Å². The van der Waals surface area contributed by atoms with Crippen LogP contribution in [-0.4, -0.2) is 27.9 Å². The molecule has 11 heteroatoms. The van der Waals surface area contributed by atoms with Gasteiger partial charge in [-0.15, -0.1) is 0 Å². The van der Waals surface area contributed by atoms with Gasteiger partial charge in [0.25, 0.3) is 11.2 Å². The zero-order valence-corrected chi connectivity index (χ0v) is 23.3. The predicted octanol–water partition coefficient (Wildman–Crippen LogP) is 6.42. The highest BCUT2D eigenvalue weighted by Crippen LogP contribution is 2.37. The molecule has 0 atom stereocenters. The van der Waals surface area contributed by atoms with E-state index in [1.54, 1.807) is 42.6 Å². The summed E-state index contributed by atoms with van der Waals surface area (Å²) in [7, 11) is 1.52. The second-order valence-electron chi connectivity index (χ2n) is 8.39. The molecule has 0 saturated carbocycles. The Morgan fingerprint density at radius 3 is 2.51 bits per heavy atom. The lowest BCUT2D eigenvalue weighted by atomic mass is 10.2. The summed E-state index contributed by atoms with van der Waals surface area (Å²) in [5.41, 5.74) is 1.80. The van der Waals surface area contributed by atoms with Crippen LogP contribution >= 0.6 is 31.9 Å². The highest BCUT2D eigenvalue weighted by atomic mass is 79.9. The van der Waals surface area contributed by atoms with E-state index in [4.69, 9.17) is 9.47 Å². The van der Waals surface area contributed by atoms with Crippen LogP contribution in [0.1, 0.15) is 36.7 Å². The van der Waals surface area contributed by atoms with E-state index < -0.39 is 4.92 Å². The number of nitro benzene ring substituents is 1. The van der Waals surface area contributed by atoms with Crippen LogP contribution in [0.5, 0.6) is 11.5 Å². The van der Waals surface area contributed by atoms with E-state index in [0.29, 0.717) is 38.3 Å². The molecule has 0 aliphatic carbocycles. The van der Waals surface area contributed by atoms with E-state index in [9.17, 15) is 14.9 Å². The van der Waals surface area contributed by atoms with Crippen molar-refractivity contribution in [2.45, 2.75) is 26.4 Å².